The zero-order chi connectivity index (χ0) is 18.7. The van der Waals surface area contributed by atoms with Crippen LogP contribution >= 0.6 is 0 Å². The van der Waals surface area contributed by atoms with Gasteiger partial charge < -0.3 is 10.6 Å². The highest BCUT2D eigenvalue weighted by molar-refractivity contribution is 5.89. The summed E-state index contributed by atoms with van der Waals surface area (Å²) in [5.41, 5.74) is -0.268. The Morgan fingerprint density at radius 1 is 1.32 bits per heavy atom. The third-order valence-corrected chi connectivity index (χ3v) is 4.12. The van der Waals surface area contributed by atoms with Gasteiger partial charge >= 0.3 is 0 Å². The average Bonchev–Trinajstić information content (AvgIpc) is 2.50. The number of halogens is 3. The number of amides is 2. The van der Waals surface area contributed by atoms with E-state index in [4.69, 9.17) is 0 Å². The van der Waals surface area contributed by atoms with Crippen molar-refractivity contribution < 1.29 is 22.8 Å². The molecule has 3 N–H and O–H groups in total. The summed E-state index contributed by atoms with van der Waals surface area (Å²) < 4.78 is 39.2. The van der Waals surface area contributed by atoms with Gasteiger partial charge in [0.05, 0.1) is 30.2 Å². The summed E-state index contributed by atoms with van der Waals surface area (Å²) in [7, 11) is 0. The van der Waals surface area contributed by atoms with E-state index < -0.39 is 35.8 Å². The number of carbonyl (C=O) groups is 2. The third kappa shape index (κ3) is 4.72. The van der Waals surface area contributed by atoms with Gasteiger partial charge in [0.1, 0.15) is 5.82 Å². The van der Waals surface area contributed by atoms with Crippen LogP contribution < -0.4 is 16.0 Å². The van der Waals surface area contributed by atoms with Gasteiger partial charge in [-0.05, 0) is 24.5 Å². The first-order valence-corrected chi connectivity index (χ1v) is 8.12. The number of nitrogens with one attached hydrogen (secondary N) is 3. The monoisotopic (exact) mass is 357 g/mol. The molecule has 1 aromatic rings. The van der Waals surface area contributed by atoms with Gasteiger partial charge in [0.15, 0.2) is 0 Å². The first-order valence-electron chi connectivity index (χ1n) is 8.12. The summed E-state index contributed by atoms with van der Waals surface area (Å²) in [5, 5.41) is 8.39. The van der Waals surface area contributed by atoms with Crippen molar-refractivity contribution in [3.63, 3.8) is 0 Å². The van der Waals surface area contributed by atoms with E-state index in [1.165, 1.54) is 6.07 Å². The Morgan fingerprint density at radius 3 is 2.52 bits per heavy atom. The Hall–Kier alpha value is -2.09. The van der Waals surface area contributed by atoms with Crippen molar-refractivity contribution >= 4 is 11.8 Å². The summed E-state index contributed by atoms with van der Waals surface area (Å²) in [6, 6.07) is 2.19. The molecule has 1 heterocycles. The Labute approximate surface area is 144 Å². The van der Waals surface area contributed by atoms with Crippen molar-refractivity contribution in [3.8, 4) is 0 Å². The molecule has 0 bridgehead atoms. The van der Waals surface area contributed by atoms with Crippen LogP contribution in [0.4, 0.5) is 13.2 Å². The zero-order valence-corrected chi connectivity index (χ0v) is 14.3. The predicted molar refractivity (Wildman–Crippen MR) is 86.2 cm³/mol. The second-order valence-corrected chi connectivity index (χ2v) is 6.52. The van der Waals surface area contributed by atoms with Crippen molar-refractivity contribution in [2.45, 2.75) is 51.9 Å². The van der Waals surface area contributed by atoms with Gasteiger partial charge in [-0.1, -0.05) is 26.0 Å². The fraction of sp³-hybridized carbons (Fsp3) is 0.529. The molecule has 2 amide bonds. The highest BCUT2D eigenvalue weighted by Crippen LogP contribution is 2.28. The van der Waals surface area contributed by atoms with Gasteiger partial charge in [-0.3, -0.25) is 14.9 Å². The fourth-order valence-corrected chi connectivity index (χ4v) is 2.86. The number of hydrogen-bond donors (Lipinski definition) is 3. The topological polar surface area (TPSA) is 70.2 Å². The van der Waals surface area contributed by atoms with Crippen molar-refractivity contribution in [2.75, 3.05) is 0 Å². The standard InChI is InChI=1S/C17H22F3N3O2/c1-8(2)15(10-4-5-11(16(19)20)12(18)6-10)23-17(25)13-7-14(24)22-9(3)21-13/h4-6,8-9,13,15-16,21H,7H2,1-3H3,(H,22,24)(H,23,25)/t9?,13?,15-/m1/s1. The van der Waals surface area contributed by atoms with E-state index in [1.54, 1.807) is 6.92 Å². The van der Waals surface area contributed by atoms with E-state index in [0.717, 1.165) is 12.1 Å². The fourth-order valence-electron chi connectivity index (χ4n) is 2.86. The second-order valence-electron chi connectivity index (χ2n) is 6.52. The molecular formula is C17H22F3N3O2. The summed E-state index contributed by atoms with van der Waals surface area (Å²) in [4.78, 5) is 24.0. The summed E-state index contributed by atoms with van der Waals surface area (Å²) in [5.74, 6) is -1.73. The molecular weight excluding hydrogens is 335 g/mol. The Morgan fingerprint density at radius 2 is 2.00 bits per heavy atom. The molecule has 0 aromatic heterocycles. The normalized spacial score (nSPS) is 22.0. The lowest BCUT2D eigenvalue weighted by molar-refractivity contribution is -0.132. The van der Waals surface area contributed by atoms with Crippen LogP contribution in [0.3, 0.4) is 0 Å². The van der Waals surface area contributed by atoms with Crippen LogP contribution in [0.15, 0.2) is 18.2 Å². The number of carbonyl (C=O) groups excluding carboxylic acids is 2. The number of rotatable bonds is 5. The summed E-state index contributed by atoms with van der Waals surface area (Å²) in [6.45, 7) is 5.37. The molecule has 0 saturated carbocycles. The molecule has 138 valence electrons. The van der Waals surface area contributed by atoms with E-state index in [-0.39, 0.29) is 24.4 Å². The van der Waals surface area contributed by atoms with Crippen LogP contribution in [0.1, 0.15) is 50.8 Å². The van der Waals surface area contributed by atoms with Crippen LogP contribution in [-0.4, -0.2) is 24.0 Å². The Kier molecular flexibility index (Phi) is 6.05. The molecule has 1 fully saturated rings. The lowest BCUT2D eigenvalue weighted by Gasteiger charge is -2.31. The van der Waals surface area contributed by atoms with Gasteiger partial charge in [0, 0.05) is 0 Å². The number of hydrogen-bond acceptors (Lipinski definition) is 3. The van der Waals surface area contributed by atoms with Crippen molar-refractivity contribution in [3.05, 3.63) is 35.1 Å². The zero-order valence-electron chi connectivity index (χ0n) is 14.3. The van der Waals surface area contributed by atoms with Gasteiger partial charge in [0.2, 0.25) is 11.8 Å². The van der Waals surface area contributed by atoms with E-state index in [9.17, 15) is 22.8 Å². The minimum absolute atomic E-state index is 0.000327. The van der Waals surface area contributed by atoms with E-state index in [2.05, 4.69) is 16.0 Å². The summed E-state index contributed by atoms with van der Waals surface area (Å²) in [6.07, 6.45) is -3.23. The molecule has 5 nitrogen and oxygen atoms in total. The van der Waals surface area contributed by atoms with Gasteiger partial charge in [-0.15, -0.1) is 0 Å². The van der Waals surface area contributed by atoms with Crippen LogP contribution in [0.2, 0.25) is 0 Å². The van der Waals surface area contributed by atoms with E-state index in [1.807, 2.05) is 13.8 Å². The van der Waals surface area contributed by atoms with Crippen molar-refractivity contribution in [2.24, 2.45) is 5.92 Å². The molecule has 8 heteroatoms. The highest BCUT2D eigenvalue weighted by atomic mass is 19.3. The van der Waals surface area contributed by atoms with Crippen molar-refractivity contribution in [1.82, 2.24) is 16.0 Å². The molecule has 1 aliphatic rings. The maximum Gasteiger partial charge on any atom is 0.266 e. The molecule has 0 aliphatic carbocycles. The first kappa shape index (κ1) is 19.2. The minimum atomic E-state index is -2.90. The molecule has 3 atom stereocenters. The number of alkyl halides is 2. The maximum absolute atomic E-state index is 13.9. The molecule has 1 aromatic carbocycles. The molecule has 1 saturated heterocycles. The highest BCUT2D eigenvalue weighted by Gasteiger charge is 2.31. The van der Waals surface area contributed by atoms with Gasteiger partial charge in [0.25, 0.3) is 6.43 Å². The SMILES string of the molecule is CC1NC(=O)CC(C(=O)N[C@@H](c2ccc(C(F)F)c(F)c2)C(C)C)N1. The molecule has 25 heavy (non-hydrogen) atoms. The first-order chi connectivity index (χ1) is 11.7. The van der Waals surface area contributed by atoms with Crippen LogP contribution in [0.25, 0.3) is 0 Å². The second kappa shape index (κ2) is 7.86. The summed E-state index contributed by atoms with van der Waals surface area (Å²) >= 11 is 0. The maximum atomic E-state index is 13.9. The molecule has 2 rings (SSSR count). The molecule has 1 aliphatic heterocycles. The minimum Gasteiger partial charge on any atom is -0.348 e. The molecule has 0 spiro atoms. The predicted octanol–water partition coefficient (Wildman–Crippen LogP) is 2.40. The van der Waals surface area contributed by atoms with Crippen LogP contribution in [-0.2, 0) is 9.59 Å². The van der Waals surface area contributed by atoms with Crippen molar-refractivity contribution in [1.29, 1.82) is 0 Å². The molecule has 0 radical (unpaired) electrons. The smallest absolute Gasteiger partial charge is 0.266 e. The lowest BCUT2D eigenvalue weighted by Crippen LogP contribution is -2.59. The van der Waals surface area contributed by atoms with Crippen LogP contribution in [0.5, 0.6) is 0 Å². The third-order valence-electron chi connectivity index (χ3n) is 4.12. The lowest BCUT2D eigenvalue weighted by atomic mass is 9.94. The van der Waals surface area contributed by atoms with Crippen LogP contribution in [0, 0.1) is 11.7 Å². The Balaban J connectivity index is 2.17. The largest absolute Gasteiger partial charge is 0.348 e. The van der Waals surface area contributed by atoms with E-state index in [0.29, 0.717) is 5.56 Å². The average molecular weight is 357 g/mol. The number of benzene rings is 1. The van der Waals surface area contributed by atoms with Gasteiger partial charge in [-0.2, -0.15) is 0 Å². The van der Waals surface area contributed by atoms with E-state index >= 15 is 0 Å². The van der Waals surface area contributed by atoms with Gasteiger partial charge in [-0.25, -0.2) is 13.2 Å². The quantitative estimate of drug-likeness (QED) is 0.758. The Bertz CT molecular complexity index is 652. The molecule has 2 unspecified atom stereocenters.